The first kappa shape index (κ1) is 21.6. The highest BCUT2D eigenvalue weighted by Crippen LogP contribution is 2.27. The van der Waals surface area contributed by atoms with Gasteiger partial charge in [-0.1, -0.05) is 12.1 Å². The molecule has 7 nitrogen and oxygen atoms in total. The second-order valence-corrected chi connectivity index (χ2v) is 10.4. The Balaban J connectivity index is 0.00000243. The number of benzene rings is 1. The molecule has 0 bridgehead atoms. The van der Waals surface area contributed by atoms with Crippen LogP contribution in [0.25, 0.3) is 0 Å². The summed E-state index contributed by atoms with van der Waals surface area (Å²) >= 11 is 0. The van der Waals surface area contributed by atoms with Gasteiger partial charge < -0.3 is 5.73 Å². The fourth-order valence-corrected chi connectivity index (χ4v) is 7.10. The molecule has 0 atom stereocenters. The predicted octanol–water partition coefficient (Wildman–Crippen LogP) is 1.44. The van der Waals surface area contributed by atoms with Crippen LogP contribution in [0.4, 0.5) is 0 Å². The Morgan fingerprint density at radius 3 is 2.04 bits per heavy atom. The van der Waals surface area contributed by atoms with Gasteiger partial charge in [0, 0.05) is 25.2 Å². The summed E-state index contributed by atoms with van der Waals surface area (Å²) in [6.07, 6.45) is 4.47. The SMILES string of the molecule is Cl.NC1CCC(NS(=O)(=O)c2ccccc2S(=O)(=O)N2CCCC2)CC1. The van der Waals surface area contributed by atoms with Gasteiger partial charge in [-0.15, -0.1) is 12.4 Å². The molecular formula is C16H26ClN3O4S2. The van der Waals surface area contributed by atoms with Crippen molar-refractivity contribution < 1.29 is 16.8 Å². The number of rotatable bonds is 5. The first-order valence-corrected chi connectivity index (χ1v) is 11.6. The minimum Gasteiger partial charge on any atom is -0.328 e. The zero-order chi connectivity index (χ0) is 18.1. The molecule has 0 radical (unpaired) electrons. The lowest BCUT2D eigenvalue weighted by molar-refractivity contribution is 0.373. The molecular weight excluding hydrogens is 398 g/mol. The summed E-state index contributed by atoms with van der Waals surface area (Å²) in [5.74, 6) is 0. The van der Waals surface area contributed by atoms with Gasteiger partial charge in [0.2, 0.25) is 20.0 Å². The second kappa shape index (κ2) is 8.53. The van der Waals surface area contributed by atoms with Crippen LogP contribution in [0.1, 0.15) is 38.5 Å². The lowest BCUT2D eigenvalue weighted by Crippen LogP contribution is -2.41. The lowest BCUT2D eigenvalue weighted by Gasteiger charge is -2.27. The Labute approximate surface area is 161 Å². The van der Waals surface area contributed by atoms with Crippen molar-refractivity contribution >= 4 is 32.5 Å². The van der Waals surface area contributed by atoms with Crippen molar-refractivity contribution in [1.82, 2.24) is 9.03 Å². The Kier molecular flexibility index (Phi) is 7.09. The van der Waals surface area contributed by atoms with E-state index in [9.17, 15) is 16.8 Å². The van der Waals surface area contributed by atoms with Crippen molar-refractivity contribution in [2.75, 3.05) is 13.1 Å². The van der Waals surface area contributed by atoms with E-state index >= 15 is 0 Å². The van der Waals surface area contributed by atoms with Gasteiger partial charge in [-0.25, -0.2) is 21.6 Å². The Morgan fingerprint density at radius 2 is 1.46 bits per heavy atom. The third-order valence-corrected chi connectivity index (χ3v) is 8.58. The second-order valence-electron chi connectivity index (χ2n) is 6.79. The van der Waals surface area contributed by atoms with Gasteiger partial charge in [0.1, 0.15) is 9.79 Å². The fraction of sp³-hybridized carbons (Fsp3) is 0.625. The molecule has 2 aliphatic rings. The number of hydrogen-bond donors (Lipinski definition) is 2. The topological polar surface area (TPSA) is 110 Å². The van der Waals surface area contributed by atoms with Crippen molar-refractivity contribution in [2.45, 2.75) is 60.4 Å². The molecule has 10 heteroatoms. The maximum atomic E-state index is 12.9. The van der Waals surface area contributed by atoms with Gasteiger partial charge in [-0.05, 0) is 50.7 Å². The number of hydrogen-bond acceptors (Lipinski definition) is 5. The molecule has 3 N–H and O–H groups in total. The summed E-state index contributed by atoms with van der Waals surface area (Å²) in [5.41, 5.74) is 5.86. The largest absolute Gasteiger partial charge is 0.328 e. The van der Waals surface area contributed by atoms with E-state index in [1.807, 2.05) is 0 Å². The Bertz CT molecular complexity index is 816. The molecule has 1 aliphatic carbocycles. The van der Waals surface area contributed by atoms with Crippen LogP contribution in [-0.2, 0) is 20.0 Å². The molecule has 2 fully saturated rings. The maximum absolute atomic E-state index is 12.9. The molecule has 1 aromatic carbocycles. The predicted molar refractivity (Wildman–Crippen MR) is 102 cm³/mol. The zero-order valence-corrected chi connectivity index (χ0v) is 17.0. The van der Waals surface area contributed by atoms with Gasteiger partial charge >= 0.3 is 0 Å². The quantitative estimate of drug-likeness (QED) is 0.744. The highest BCUT2D eigenvalue weighted by Gasteiger charge is 2.33. The molecule has 3 rings (SSSR count). The molecule has 1 saturated heterocycles. The Hall–Kier alpha value is -0.710. The average molecular weight is 424 g/mol. The van der Waals surface area contributed by atoms with Gasteiger partial charge in [-0.3, -0.25) is 0 Å². The lowest BCUT2D eigenvalue weighted by atomic mass is 9.93. The summed E-state index contributed by atoms with van der Waals surface area (Å²) in [6, 6.07) is 5.75. The van der Waals surface area contributed by atoms with Crippen LogP contribution in [0.3, 0.4) is 0 Å². The average Bonchev–Trinajstić information content (AvgIpc) is 3.12. The summed E-state index contributed by atoms with van der Waals surface area (Å²) < 4.78 is 55.4. The normalized spacial score (nSPS) is 25.0. The molecule has 26 heavy (non-hydrogen) atoms. The minimum atomic E-state index is -3.92. The summed E-state index contributed by atoms with van der Waals surface area (Å²) in [6.45, 7) is 0.870. The van der Waals surface area contributed by atoms with Gasteiger partial charge in [0.25, 0.3) is 0 Å². The highest BCUT2D eigenvalue weighted by atomic mass is 35.5. The van der Waals surface area contributed by atoms with Crippen molar-refractivity contribution in [3.63, 3.8) is 0 Å². The van der Waals surface area contributed by atoms with E-state index in [0.717, 1.165) is 25.7 Å². The van der Waals surface area contributed by atoms with Crippen LogP contribution >= 0.6 is 12.4 Å². The summed E-state index contributed by atoms with van der Waals surface area (Å²) in [4.78, 5) is -0.311. The van der Waals surface area contributed by atoms with Crippen LogP contribution in [0, 0.1) is 0 Å². The van der Waals surface area contributed by atoms with E-state index < -0.39 is 20.0 Å². The van der Waals surface area contributed by atoms with E-state index in [0.29, 0.717) is 25.9 Å². The van der Waals surface area contributed by atoms with E-state index in [2.05, 4.69) is 4.72 Å². The smallest absolute Gasteiger partial charge is 0.244 e. The van der Waals surface area contributed by atoms with E-state index in [4.69, 9.17) is 5.73 Å². The molecule has 0 spiro atoms. The van der Waals surface area contributed by atoms with E-state index in [1.54, 1.807) is 12.1 Å². The van der Waals surface area contributed by atoms with Crippen LogP contribution in [0.2, 0.25) is 0 Å². The van der Waals surface area contributed by atoms with Crippen molar-refractivity contribution in [3.05, 3.63) is 24.3 Å². The summed E-state index contributed by atoms with van der Waals surface area (Å²) in [7, 11) is -7.73. The van der Waals surface area contributed by atoms with E-state index in [-0.39, 0.29) is 34.3 Å². The minimum absolute atomic E-state index is 0. The van der Waals surface area contributed by atoms with Crippen molar-refractivity contribution in [1.29, 1.82) is 0 Å². The number of nitrogens with one attached hydrogen (secondary N) is 1. The van der Waals surface area contributed by atoms with Crippen molar-refractivity contribution in [3.8, 4) is 0 Å². The van der Waals surface area contributed by atoms with Crippen LogP contribution in [-0.4, -0.2) is 46.3 Å². The molecule has 1 heterocycles. The standard InChI is InChI=1S/C16H25N3O4S2.ClH/c17-13-7-9-14(10-8-13)18-24(20,21)15-5-1-2-6-16(15)25(22,23)19-11-3-4-12-19;/h1-2,5-6,13-14,18H,3-4,7-12,17H2;1H. The van der Waals surface area contributed by atoms with Crippen LogP contribution in [0.15, 0.2) is 34.1 Å². The summed E-state index contributed by atoms with van der Waals surface area (Å²) in [5, 5.41) is 0. The van der Waals surface area contributed by atoms with Crippen LogP contribution < -0.4 is 10.5 Å². The molecule has 148 valence electrons. The maximum Gasteiger partial charge on any atom is 0.244 e. The van der Waals surface area contributed by atoms with Crippen molar-refractivity contribution in [2.24, 2.45) is 5.73 Å². The number of nitrogens with zero attached hydrogens (tertiary/aromatic N) is 1. The molecule has 0 aromatic heterocycles. The molecule has 1 aliphatic heterocycles. The first-order valence-electron chi connectivity index (χ1n) is 8.68. The fourth-order valence-electron chi connectivity index (χ4n) is 3.47. The van der Waals surface area contributed by atoms with Gasteiger partial charge in [0.15, 0.2) is 0 Å². The van der Waals surface area contributed by atoms with Gasteiger partial charge in [-0.2, -0.15) is 4.31 Å². The van der Waals surface area contributed by atoms with Gasteiger partial charge in [0.05, 0.1) is 0 Å². The zero-order valence-electron chi connectivity index (χ0n) is 14.5. The molecule has 1 saturated carbocycles. The third kappa shape index (κ3) is 4.58. The molecule has 0 amide bonds. The van der Waals surface area contributed by atoms with E-state index in [1.165, 1.54) is 16.4 Å². The third-order valence-electron chi connectivity index (χ3n) is 4.92. The monoisotopic (exact) mass is 423 g/mol. The Morgan fingerprint density at radius 1 is 0.923 bits per heavy atom. The van der Waals surface area contributed by atoms with Crippen LogP contribution in [0.5, 0.6) is 0 Å². The highest BCUT2D eigenvalue weighted by molar-refractivity contribution is 7.92. The number of sulfonamides is 2. The first-order chi connectivity index (χ1) is 11.8. The molecule has 0 unspecified atom stereocenters. The number of nitrogens with two attached hydrogens (primary N) is 1. The number of halogens is 1. The molecule has 1 aromatic rings.